The second-order valence-electron chi connectivity index (χ2n) is 6.79. The molecule has 3 rings (SSSR count). The lowest BCUT2D eigenvalue weighted by Crippen LogP contribution is -2.37. The maximum atomic E-state index is 6.17. The summed E-state index contributed by atoms with van der Waals surface area (Å²) in [6.07, 6.45) is 14.7. The van der Waals surface area contributed by atoms with Crippen molar-refractivity contribution < 1.29 is 0 Å². The third kappa shape index (κ3) is 3.32. The molecule has 3 nitrogen and oxygen atoms in total. The first-order valence-electron chi connectivity index (χ1n) is 8.36. The predicted octanol–water partition coefficient (Wildman–Crippen LogP) is 4.26. The van der Waals surface area contributed by atoms with Crippen molar-refractivity contribution in [3.05, 3.63) is 23.5 Å². The zero-order valence-corrected chi connectivity index (χ0v) is 13.9. The van der Waals surface area contributed by atoms with Crippen molar-refractivity contribution in [2.75, 3.05) is 6.54 Å². The van der Waals surface area contributed by atoms with Gasteiger partial charge in [-0.1, -0.05) is 26.2 Å². The Bertz CT molecular complexity index is 535. The third-order valence-electron chi connectivity index (χ3n) is 5.26. The van der Waals surface area contributed by atoms with Gasteiger partial charge in [-0.3, -0.25) is 4.40 Å². The zero-order chi connectivity index (χ0) is 14.7. The zero-order valence-electron chi connectivity index (χ0n) is 13.1. The highest BCUT2D eigenvalue weighted by atomic mass is 32.1. The fourth-order valence-electron chi connectivity index (χ4n) is 3.77. The van der Waals surface area contributed by atoms with Gasteiger partial charge in [-0.2, -0.15) is 0 Å². The van der Waals surface area contributed by atoms with Crippen LogP contribution in [-0.2, 0) is 6.42 Å². The first-order chi connectivity index (χ1) is 10.2. The highest BCUT2D eigenvalue weighted by Crippen LogP contribution is 2.42. The van der Waals surface area contributed by atoms with Crippen molar-refractivity contribution in [1.29, 1.82) is 0 Å². The van der Waals surface area contributed by atoms with Crippen LogP contribution in [0.3, 0.4) is 0 Å². The largest absolute Gasteiger partial charge is 0.330 e. The van der Waals surface area contributed by atoms with Crippen LogP contribution in [0.1, 0.15) is 57.6 Å². The van der Waals surface area contributed by atoms with E-state index in [1.165, 1.54) is 50.6 Å². The summed E-state index contributed by atoms with van der Waals surface area (Å²) in [5.41, 5.74) is 7.69. The summed E-state index contributed by atoms with van der Waals surface area (Å²) in [7, 11) is 0. The molecular formula is C17H27N3S. The molecule has 0 amide bonds. The number of nitrogens with zero attached hydrogens (tertiary/aromatic N) is 2. The molecule has 116 valence electrons. The molecule has 2 aromatic rings. The molecule has 0 aromatic carbocycles. The third-order valence-corrected chi connectivity index (χ3v) is 6.03. The Morgan fingerprint density at radius 3 is 2.90 bits per heavy atom. The van der Waals surface area contributed by atoms with Gasteiger partial charge < -0.3 is 5.73 Å². The molecule has 4 heteroatoms. The quantitative estimate of drug-likeness (QED) is 0.866. The molecule has 2 aromatic heterocycles. The monoisotopic (exact) mass is 305 g/mol. The molecule has 1 aliphatic carbocycles. The van der Waals surface area contributed by atoms with Crippen molar-refractivity contribution in [2.45, 2.75) is 58.3 Å². The minimum atomic E-state index is 0.298. The lowest BCUT2D eigenvalue weighted by atomic mass is 9.67. The number of hydrogen-bond acceptors (Lipinski definition) is 3. The van der Waals surface area contributed by atoms with Crippen molar-refractivity contribution in [1.82, 2.24) is 9.38 Å². The molecule has 1 saturated carbocycles. The van der Waals surface area contributed by atoms with Crippen LogP contribution in [0.15, 0.2) is 17.8 Å². The number of aromatic nitrogens is 2. The topological polar surface area (TPSA) is 43.3 Å². The lowest BCUT2D eigenvalue weighted by Gasteiger charge is -2.39. The van der Waals surface area contributed by atoms with E-state index in [2.05, 4.69) is 29.1 Å². The Kier molecular flexibility index (Phi) is 4.65. The van der Waals surface area contributed by atoms with Crippen LogP contribution in [0.5, 0.6) is 0 Å². The van der Waals surface area contributed by atoms with E-state index in [9.17, 15) is 0 Å². The van der Waals surface area contributed by atoms with Gasteiger partial charge in [0.15, 0.2) is 4.96 Å². The highest BCUT2D eigenvalue weighted by Gasteiger charge is 2.34. The van der Waals surface area contributed by atoms with Gasteiger partial charge in [-0.05, 0) is 50.0 Å². The molecule has 0 unspecified atom stereocenters. The Morgan fingerprint density at radius 2 is 2.24 bits per heavy atom. The minimum absolute atomic E-state index is 0.298. The average molecular weight is 305 g/mol. The number of nitrogens with two attached hydrogens (primary N) is 1. The Balaban J connectivity index is 1.63. The average Bonchev–Trinajstić information content (AvgIpc) is 3.07. The van der Waals surface area contributed by atoms with Crippen molar-refractivity contribution in [2.24, 2.45) is 17.1 Å². The van der Waals surface area contributed by atoms with Crippen LogP contribution in [0.4, 0.5) is 0 Å². The minimum Gasteiger partial charge on any atom is -0.330 e. The maximum Gasteiger partial charge on any atom is 0.193 e. The molecule has 0 radical (unpaired) electrons. The van der Waals surface area contributed by atoms with Crippen molar-refractivity contribution >= 4 is 16.3 Å². The highest BCUT2D eigenvalue weighted by molar-refractivity contribution is 7.15. The molecule has 0 spiro atoms. The normalized spacial score (nSPS) is 26.5. The molecular weight excluding hydrogens is 278 g/mol. The van der Waals surface area contributed by atoms with Gasteiger partial charge in [0, 0.05) is 17.8 Å². The number of imidazole rings is 1. The number of fused-ring (bicyclic) bond motifs is 1. The van der Waals surface area contributed by atoms with E-state index in [4.69, 9.17) is 10.7 Å². The molecule has 21 heavy (non-hydrogen) atoms. The van der Waals surface area contributed by atoms with Crippen LogP contribution in [-0.4, -0.2) is 15.9 Å². The maximum absolute atomic E-state index is 6.17. The standard InChI is InChI=1S/C17H27N3S/c1-2-3-4-14-5-7-17(13-18,8-6-14)11-15-12-20-9-10-21-16(20)19-15/h9-10,12,14H,2-8,11,13,18H2,1H3. The van der Waals surface area contributed by atoms with Crippen LogP contribution in [0.2, 0.25) is 0 Å². The van der Waals surface area contributed by atoms with E-state index >= 15 is 0 Å². The molecule has 0 aliphatic heterocycles. The summed E-state index contributed by atoms with van der Waals surface area (Å²) in [6, 6.07) is 0. The van der Waals surface area contributed by atoms with Crippen molar-refractivity contribution in [3.8, 4) is 0 Å². The van der Waals surface area contributed by atoms with E-state index in [1.54, 1.807) is 11.3 Å². The van der Waals surface area contributed by atoms with E-state index in [0.29, 0.717) is 5.41 Å². The summed E-state index contributed by atoms with van der Waals surface area (Å²) < 4.78 is 2.14. The van der Waals surface area contributed by atoms with E-state index in [0.717, 1.165) is 23.8 Å². The Morgan fingerprint density at radius 1 is 1.43 bits per heavy atom. The molecule has 2 N–H and O–H groups in total. The van der Waals surface area contributed by atoms with E-state index in [-0.39, 0.29) is 0 Å². The number of hydrogen-bond donors (Lipinski definition) is 1. The van der Waals surface area contributed by atoms with E-state index < -0.39 is 0 Å². The molecule has 1 fully saturated rings. The first kappa shape index (κ1) is 15.0. The second kappa shape index (κ2) is 6.49. The SMILES string of the molecule is CCCCC1CCC(CN)(Cc2cn3ccsc3n2)CC1. The number of thiazole rings is 1. The van der Waals surface area contributed by atoms with Crippen LogP contribution >= 0.6 is 11.3 Å². The Labute approximate surface area is 131 Å². The van der Waals surface area contributed by atoms with Crippen LogP contribution in [0, 0.1) is 11.3 Å². The van der Waals surface area contributed by atoms with Gasteiger partial charge in [0.2, 0.25) is 0 Å². The Hall–Kier alpha value is -0.870. The van der Waals surface area contributed by atoms with Crippen LogP contribution in [0.25, 0.3) is 4.96 Å². The fraction of sp³-hybridized carbons (Fsp3) is 0.706. The predicted molar refractivity (Wildman–Crippen MR) is 89.7 cm³/mol. The molecule has 0 bridgehead atoms. The van der Waals surface area contributed by atoms with Crippen molar-refractivity contribution in [3.63, 3.8) is 0 Å². The molecule has 1 aliphatic rings. The summed E-state index contributed by atoms with van der Waals surface area (Å²) >= 11 is 1.71. The molecule has 2 heterocycles. The summed E-state index contributed by atoms with van der Waals surface area (Å²) in [4.78, 5) is 5.86. The summed E-state index contributed by atoms with van der Waals surface area (Å²) in [5, 5.41) is 2.09. The molecule has 0 atom stereocenters. The van der Waals surface area contributed by atoms with Gasteiger partial charge in [0.25, 0.3) is 0 Å². The van der Waals surface area contributed by atoms with Gasteiger partial charge >= 0.3 is 0 Å². The van der Waals surface area contributed by atoms with Gasteiger partial charge in [-0.25, -0.2) is 4.98 Å². The fourth-order valence-corrected chi connectivity index (χ4v) is 4.49. The van der Waals surface area contributed by atoms with Gasteiger partial charge in [-0.15, -0.1) is 11.3 Å². The van der Waals surface area contributed by atoms with Gasteiger partial charge in [0.1, 0.15) is 0 Å². The van der Waals surface area contributed by atoms with Crippen LogP contribution < -0.4 is 5.73 Å². The number of rotatable bonds is 6. The summed E-state index contributed by atoms with van der Waals surface area (Å²) in [5.74, 6) is 0.940. The number of unbranched alkanes of at least 4 members (excludes halogenated alkanes) is 1. The first-order valence-corrected chi connectivity index (χ1v) is 9.24. The van der Waals surface area contributed by atoms with Gasteiger partial charge in [0.05, 0.1) is 5.69 Å². The smallest absolute Gasteiger partial charge is 0.193 e. The molecule has 0 saturated heterocycles. The lowest BCUT2D eigenvalue weighted by molar-refractivity contribution is 0.149. The second-order valence-corrected chi connectivity index (χ2v) is 7.66. The van der Waals surface area contributed by atoms with E-state index in [1.807, 2.05) is 0 Å². The summed E-state index contributed by atoms with van der Waals surface area (Å²) in [6.45, 7) is 3.09.